The molecule has 3 nitrogen and oxygen atoms in total. The second-order valence-corrected chi connectivity index (χ2v) is 5.48. The Morgan fingerprint density at radius 3 is 2.60 bits per heavy atom. The van der Waals surface area contributed by atoms with Crippen molar-refractivity contribution in [2.75, 3.05) is 6.79 Å². The van der Waals surface area contributed by atoms with Crippen molar-refractivity contribution in [3.8, 4) is 5.75 Å². The third kappa shape index (κ3) is 4.34. The molecule has 1 unspecified atom stereocenters. The number of ether oxygens (including phenoxy) is 2. The van der Waals surface area contributed by atoms with Crippen molar-refractivity contribution in [2.24, 2.45) is 5.73 Å². The standard InChI is InChI=1S/C16H18BrNO2/c1-12(18)15-8-7-14(17)9-16(15)20-11-19-10-13-5-3-2-4-6-13/h2-9,12H,10-11,18H2,1H3. The molecule has 0 aromatic heterocycles. The first-order chi connectivity index (χ1) is 9.66. The van der Waals surface area contributed by atoms with Crippen LogP contribution in [0.4, 0.5) is 0 Å². The molecule has 0 radical (unpaired) electrons. The highest BCUT2D eigenvalue weighted by Gasteiger charge is 2.08. The van der Waals surface area contributed by atoms with Crippen LogP contribution in [0.3, 0.4) is 0 Å². The Hall–Kier alpha value is -1.36. The predicted molar refractivity (Wildman–Crippen MR) is 83.5 cm³/mol. The molecule has 0 heterocycles. The molecule has 0 saturated heterocycles. The second-order valence-electron chi connectivity index (χ2n) is 4.57. The van der Waals surface area contributed by atoms with Gasteiger partial charge in [-0.1, -0.05) is 52.3 Å². The molecular weight excluding hydrogens is 318 g/mol. The molecule has 2 N–H and O–H groups in total. The van der Waals surface area contributed by atoms with Gasteiger partial charge in [-0.05, 0) is 24.6 Å². The molecule has 0 bridgehead atoms. The van der Waals surface area contributed by atoms with Gasteiger partial charge in [0.25, 0.3) is 0 Å². The van der Waals surface area contributed by atoms with E-state index in [-0.39, 0.29) is 12.8 Å². The lowest BCUT2D eigenvalue weighted by atomic mass is 10.1. The zero-order valence-electron chi connectivity index (χ0n) is 11.4. The molecular formula is C16H18BrNO2. The SMILES string of the molecule is CC(N)c1ccc(Br)cc1OCOCc1ccccc1. The molecule has 0 fully saturated rings. The van der Waals surface area contributed by atoms with Gasteiger partial charge in [0.05, 0.1) is 6.61 Å². The van der Waals surface area contributed by atoms with Crippen LogP contribution in [0.2, 0.25) is 0 Å². The molecule has 106 valence electrons. The summed E-state index contributed by atoms with van der Waals surface area (Å²) < 4.78 is 12.1. The van der Waals surface area contributed by atoms with Gasteiger partial charge in [0, 0.05) is 16.1 Å². The molecule has 2 aromatic carbocycles. The van der Waals surface area contributed by atoms with E-state index in [1.807, 2.05) is 55.5 Å². The largest absolute Gasteiger partial charge is 0.467 e. The van der Waals surface area contributed by atoms with Gasteiger partial charge in [0.15, 0.2) is 6.79 Å². The molecule has 0 amide bonds. The van der Waals surface area contributed by atoms with Gasteiger partial charge in [0.2, 0.25) is 0 Å². The normalized spacial score (nSPS) is 12.2. The van der Waals surface area contributed by atoms with E-state index in [4.69, 9.17) is 15.2 Å². The molecule has 2 rings (SSSR count). The van der Waals surface area contributed by atoms with Crippen LogP contribution in [-0.2, 0) is 11.3 Å². The summed E-state index contributed by atoms with van der Waals surface area (Å²) in [6, 6.07) is 15.7. The van der Waals surface area contributed by atoms with E-state index in [0.29, 0.717) is 6.61 Å². The van der Waals surface area contributed by atoms with E-state index in [9.17, 15) is 0 Å². The molecule has 4 heteroatoms. The number of rotatable bonds is 6. The zero-order chi connectivity index (χ0) is 14.4. The van der Waals surface area contributed by atoms with Crippen LogP contribution in [0.1, 0.15) is 24.1 Å². The fourth-order valence-electron chi connectivity index (χ4n) is 1.85. The summed E-state index contributed by atoms with van der Waals surface area (Å²) in [4.78, 5) is 0. The summed E-state index contributed by atoms with van der Waals surface area (Å²) in [6.07, 6.45) is 0. The van der Waals surface area contributed by atoms with Crippen LogP contribution >= 0.6 is 15.9 Å². The van der Waals surface area contributed by atoms with Gasteiger partial charge in [-0.25, -0.2) is 0 Å². The van der Waals surface area contributed by atoms with Crippen LogP contribution in [-0.4, -0.2) is 6.79 Å². The van der Waals surface area contributed by atoms with Gasteiger partial charge < -0.3 is 15.2 Å². The summed E-state index contributed by atoms with van der Waals surface area (Å²) in [5.41, 5.74) is 8.02. The average Bonchev–Trinajstić information content (AvgIpc) is 2.44. The van der Waals surface area contributed by atoms with Crippen LogP contribution in [0.15, 0.2) is 53.0 Å². The minimum Gasteiger partial charge on any atom is -0.467 e. The highest BCUT2D eigenvalue weighted by atomic mass is 79.9. The van der Waals surface area contributed by atoms with Crippen LogP contribution in [0, 0.1) is 0 Å². The van der Waals surface area contributed by atoms with Crippen molar-refractivity contribution in [3.05, 3.63) is 64.1 Å². The van der Waals surface area contributed by atoms with Gasteiger partial charge in [-0.2, -0.15) is 0 Å². The third-order valence-corrected chi connectivity index (χ3v) is 3.37. The summed E-state index contributed by atoms with van der Waals surface area (Å²) in [6.45, 7) is 2.66. The Labute approximate surface area is 127 Å². The third-order valence-electron chi connectivity index (χ3n) is 2.88. The summed E-state index contributed by atoms with van der Waals surface area (Å²) in [5.74, 6) is 0.752. The summed E-state index contributed by atoms with van der Waals surface area (Å²) in [5, 5.41) is 0. The first-order valence-corrected chi connectivity index (χ1v) is 7.25. The maximum atomic E-state index is 5.92. The van der Waals surface area contributed by atoms with Gasteiger partial charge in [-0.15, -0.1) is 0 Å². The van der Waals surface area contributed by atoms with E-state index in [1.165, 1.54) is 0 Å². The Morgan fingerprint density at radius 1 is 1.15 bits per heavy atom. The molecule has 1 atom stereocenters. The number of halogens is 1. The lowest BCUT2D eigenvalue weighted by Gasteiger charge is -2.14. The van der Waals surface area contributed by atoms with E-state index in [0.717, 1.165) is 21.3 Å². The average molecular weight is 336 g/mol. The number of hydrogen-bond donors (Lipinski definition) is 1. The van der Waals surface area contributed by atoms with E-state index in [2.05, 4.69) is 15.9 Å². The number of nitrogens with two attached hydrogens (primary N) is 1. The maximum absolute atomic E-state index is 5.92. The first-order valence-electron chi connectivity index (χ1n) is 6.46. The Bertz CT molecular complexity index is 543. The van der Waals surface area contributed by atoms with Gasteiger partial charge in [0.1, 0.15) is 5.75 Å². The molecule has 0 saturated carbocycles. The van der Waals surface area contributed by atoms with Crippen LogP contribution < -0.4 is 10.5 Å². The highest BCUT2D eigenvalue weighted by Crippen LogP contribution is 2.27. The molecule has 2 aromatic rings. The number of hydrogen-bond acceptors (Lipinski definition) is 3. The van der Waals surface area contributed by atoms with Crippen molar-refractivity contribution in [2.45, 2.75) is 19.6 Å². The molecule has 0 spiro atoms. The number of benzene rings is 2. The second kappa shape index (κ2) is 7.43. The maximum Gasteiger partial charge on any atom is 0.189 e. The van der Waals surface area contributed by atoms with Crippen LogP contribution in [0.25, 0.3) is 0 Å². The molecule has 0 aliphatic heterocycles. The Morgan fingerprint density at radius 2 is 1.90 bits per heavy atom. The van der Waals surface area contributed by atoms with Crippen molar-refractivity contribution in [1.29, 1.82) is 0 Å². The van der Waals surface area contributed by atoms with Crippen molar-refractivity contribution < 1.29 is 9.47 Å². The van der Waals surface area contributed by atoms with Gasteiger partial charge >= 0.3 is 0 Å². The summed E-state index contributed by atoms with van der Waals surface area (Å²) >= 11 is 3.43. The topological polar surface area (TPSA) is 44.5 Å². The quantitative estimate of drug-likeness (QED) is 0.640. The highest BCUT2D eigenvalue weighted by molar-refractivity contribution is 9.10. The van der Waals surface area contributed by atoms with E-state index in [1.54, 1.807) is 0 Å². The summed E-state index contributed by atoms with van der Waals surface area (Å²) in [7, 11) is 0. The monoisotopic (exact) mass is 335 g/mol. The fraction of sp³-hybridized carbons (Fsp3) is 0.250. The predicted octanol–water partition coefficient (Wildman–Crippen LogP) is 4.02. The van der Waals surface area contributed by atoms with Crippen molar-refractivity contribution in [1.82, 2.24) is 0 Å². The lowest BCUT2D eigenvalue weighted by Crippen LogP contribution is -2.10. The molecule has 0 aliphatic rings. The van der Waals surface area contributed by atoms with E-state index < -0.39 is 0 Å². The smallest absolute Gasteiger partial charge is 0.189 e. The minimum atomic E-state index is -0.0766. The van der Waals surface area contributed by atoms with Crippen molar-refractivity contribution in [3.63, 3.8) is 0 Å². The molecule has 20 heavy (non-hydrogen) atoms. The molecule has 0 aliphatic carbocycles. The van der Waals surface area contributed by atoms with Gasteiger partial charge in [-0.3, -0.25) is 0 Å². The van der Waals surface area contributed by atoms with E-state index >= 15 is 0 Å². The Kier molecular flexibility index (Phi) is 5.59. The zero-order valence-corrected chi connectivity index (χ0v) is 13.0. The minimum absolute atomic E-state index is 0.0766. The first kappa shape index (κ1) is 15.0. The lowest BCUT2D eigenvalue weighted by molar-refractivity contribution is 0.00438. The fourth-order valence-corrected chi connectivity index (χ4v) is 2.19. The van der Waals surface area contributed by atoms with Crippen LogP contribution in [0.5, 0.6) is 5.75 Å². The van der Waals surface area contributed by atoms with Crippen molar-refractivity contribution >= 4 is 15.9 Å². The Balaban J connectivity index is 1.89.